The molecule has 1 aromatic carbocycles. The molecule has 0 spiro atoms. The van der Waals surface area contributed by atoms with Gasteiger partial charge in [0.05, 0.1) is 0 Å². The van der Waals surface area contributed by atoms with Crippen LogP contribution in [-0.4, -0.2) is 16.1 Å². The van der Waals surface area contributed by atoms with E-state index in [1.807, 2.05) is 31.6 Å². The molecule has 4 heteroatoms. The fourth-order valence-corrected chi connectivity index (χ4v) is 2.22. The minimum atomic E-state index is 0.276. The molecule has 1 unspecified atom stereocenters. The van der Waals surface area contributed by atoms with Gasteiger partial charge < -0.3 is 9.88 Å². The fraction of sp³-hybridized carbons (Fsp3) is 0.400. The first-order valence-electron chi connectivity index (χ1n) is 6.65. The molecule has 102 valence electrons. The van der Waals surface area contributed by atoms with Crippen molar-refractivity contribution in [1.82, 2.24) is 14.9 Å². The Morgan fingerprint density at radius 3 is 2.63 bits per heavy atom. The summed E-state index contributed by atoms with van der Waals surface area (Å²) in [6.07, 6.45) is 5.82. The largest absolute Gasteiger partial charge is 0.338 e. The van der Waals surface area contributed by atoms with E-state index in [-0.39, 0.29) is 6.04 Å². The lowest BCUT2D eigenvalue weighted by Crippen LogP contribution is -2.25. The normalized spacial score (nSPS) is 12.6. The van der Waals surface area contributed by atoms with Crippen molar-refractivity contribution in [2.45, 2.75) is 25.8 Å². The smallest absolute Gasteiger partial charge is 0.110 e. The number of nitrogens with zero attached hydrogens (tertiary/aromatic N) is 2. The molecule has 2 aromatic rings. The van der Waals surface area contributed by atoms with Crippen molar-refractivity contribution < 1.29 is 0 Å². The van der Waals surface area contributed by atoms with Crippen molar-refractivity contribution in [2.24, 2.45) is 7.05 Å². The lowest BCUT2D eigenvalue weighted by atomic mass is 10.0. The number of rotatable bonds is 6. The highest BCUT2D eigenvalue weighted by Crippen LogP contribution is 2.20. The highest BCUT2D eigenvalue weighted by atomic mass is 35.5. The zero-order valence-corrected chi connectivity index (χ0v) is 12.2. The molecule has 1 aromatic heterocycles. The van der Waals surface area contributed by atoms with Gasteiger partial charge in [0, 0.05) is 36.9 Å². The molecule has 1 atom stereocenters. The first-order chi connectivity index (χ1) is 9.20. The number of hydrogen-bond acceptors (Lipinski definition) is 2. The molecule has 0 fully saturated rings. The number of aromatic nitrogens is 2. The highest BCUT2D eigenvalue weighted by Gasteiger charge is 2.13. The first-order valence-corrected chi connectivity index (χ1v) is 7.03. The van der Waals surface area contributed by atoms with E-state index < -0.39 is 0 Å². The number of aryl methyl sites for hydroxylation is 1. The van der Waals surface area contributed by atoms with Gasteiger partial charge in [-0.3, -0.25) is 0 Å². The Bertz CT molecular complexity index is 504. The van der Waals surface area contributed by atoms with Crippen molar-refractivity contribution in [1.29, 1.82) is 0 Å². The van der Waals surface area contributed by atoms with Crippen LogP contribution in [0.2, 0.25) is 5.02 Å². The zero-order valence-electron chi connectivity index (χ0n) is 11.4. The maximum Gasteiger partial charge on any atom is 0.110 e. The number of imidazole rings is 1. The van der Waals surface area contributed by atoms with Crippen LogP contribution in [-0.2, 0) is 13.5 Å². The Balaban J connectivity index is 2.15. The second-order valence-electron chi connectivity index (χ2n) is 4.72. The molecule has 0 saturated heterocycles. The molecule has 0 radical (unpaired) electrons. The summed E-state index contributed by atoms with van der Waals surface area (Å²) in [5.41, 5.74) is 1.25. The van der Waals surface area contributed by atoms with Crippen LogP contribution in [0, 0.1) is 0 Å². The van der Waals surface area contributed by atoms with E-state index in [0.29, 0.717) is 0 Å². The van der Waals surface area contributed by atoms with Gasteiger partial charge in [-0.05, 0) is 30.7 Å². The predicted octanol–water partition coefficient (Wildman–Crippen LogP) is 3.36. The zero-order chi connectivity index (χ0) is 13.7. The van der Waals surface area contributed by atoms with E-state index in [4.69, 9.17) is 11.6 Å². The van der Waals surface area contributed by atoms with Crippen LogP contribution in [0.5, 0.6) is 0 Å². The van der Waals surface area contributed by atoms with Crippen molar-refractivity contribution >= 4 is 11.6 Å². The Kier molecular flexibility index (Phi) is 5.00. The molecular formula is C15H20ClN3. The monoisotopic (exact) mass is 277 g/mol. The Morgan fingerprint density at radius 1 is 1.32 bits per heavy atom. The molecule has 0 saturated carbocycles. The van der Waals surface area contributed by atoms with E-state index in [1.165, 1.54) is 5.56 Å². The quantitative estimate of drug-likeness (QED) is 0.877. The summed E-state index contributed by atoms with van der Waals surface area (Å²) in [7, 11) is 2.03. The molecule has 3 nitrogen and oxygen atoms in total. The topological polar surface area (TPSA) is 29.9 Å². The fourth-order valence-electron chi connectivity index (χ4n) is 2.10. The molecule has 1 heterocycles. The van der Waals surface area contributed by atoms with E-state index in [2.05, 4.69) is 33.9 Å². The van der Waals surface area contributed by atoms with Gasteiger partial charge >= 0.3 is 0 Å². The lowest BCUT2D eigenvalue weighted by molar-refractivity contribution is 0.512. The van der Waals surface area contributed by atoms with Crippen LogP contribution in [0.1, 0.15) is 30.8 Å². The van der Waals surface area contributed by atoms with Crippen LogP contribution in [0.25, 0.3) is 0 Å². The number of halogens is 1. The summed E-state index contributed by atoms with van der Waals surface area (Å²) in [5.74, 6) is 1.09. The van der Waals surface area contributed by atoms with E-state index >= 15 is 0 Å². The number of benzene rings is 1. The minimum absolute atomic E-state index is 0.276. The predicted molar refractivity (Wildman–Crippen MR) is 79.4 cm³/mol. The summed E-state index contributed by atoms with van der Waals surface area (Å²) < 4.78 is 2.07. The maximum atomic E-state index is 5.95. The van der Waals surface area contributed by atoms with Crippen molar-refractivity contribution in [3.8, 4) is 0 Å². The molecule has 19 heavy (non-hydrogen) atoms. The van der Waals surface area contributed by atoms with Gasteiger partial charge in [-0.15, -0.1) is 0 Å². The van der Waals surface area contributed by atoms with Gasteiger partial charge in [-0.2, -0.15) is 0 Å². The van der Waals surface area contributed by atoms with Crippen LogP contribution < -0.4 is 5.32 Å². The SMILES string of the molecule is CCCNC(Cc1nccn1C)c1ccc(Cl)cc1. The first kappa shape index (κ1) is 14.1. The van der Waals surface area contributed by atoms with Crippen LogP contribution in [0.15, 0.2) is 36.7 Å². The van der Waals surface area contributed by atoms with Crippen molar-refractivity contribution in [2.75, 3.05) is 6.54 Å². The van der Waals surface area contributed by atoms with Gasteiger partial charge in [0.25, 0.3) is 0 Å². The van der Waals surface area contributed by atoms with Gasteiger partial charge in [-0.1, -0.05) is 30.7 Å². The molecule has 0 bridgehead atoms. The average molecular weight is 278 g/mol. The van der Waals surface area contributed by atoms with Gasteiger partial charge in [-0.25, -0.2) is 4.98 Å². The van der Waals surface area contributed by atoms with Crippen molar-refractivity contribution in [3.05, 3.63) is 53.1 Å². The van der Waals surface area contributed by atoms with Crippen LogP contribution in [0.3, 0.4) is 0 Å². The molecular weight excluding hydrogens is 258 g/mol. The molecule has 2 rings (SSSR count). The second kappa shape index (κ2) is 6.73. The van der Waals surface area contributed by atoms with Gasteiger partial charge in [0.15, 0.2) is 0 Å². The number of hydrogen-bond donors (Lipinski definition) is 1. The third kappa shape index (κ3) is 3.82. The molecule has 0 amide bonds. The summed E-state index contributed by atoms with van der Waals surface area (Å²) in [6.45, 7) is 3.17. The number of nitrogens with one attached hydrogen (secondary N) is 1. The Labute approximate surface area is 119 Å². The summed E-state index contributed by atoms with van der Waals surface area (Å²) in [5, 5.41) is 4.35. The molecule has 0 aliphatic heterocycles. The molecule has 0 aliphatic carbocycles. The summed E-state index contributed by atoms with van der Waals surface area (Å²) in [6, 6.07) is 8.32. The van der Waals surface area contributed by atoms with Crippen molar-refractivity contribution in [3.63, 3.8) is 0 Å². The van der Waals surface area contributed by atoms with E-state index in [9.17, 15) is 0 Å². The minimum Gasteiger partial charge on any atom is -0.338 e. The van der Waals surface area contributed by atoms with Crippen LogP contribution >= 0.6 is 11.6 Å². The van der Waals surface area contributed by atoms with Gasteiger partial charge in [0.1, 0.15) is 5.82 Å². The second-order valence-corrected chi connectivity index (χ2v) is 5.15. The lowest BCUT2D eigenvalue weighted by Gasteiger charge is -2.19. The Morgan fingerprint density at radius 2 is 2.05 bits per heavy atom. The Hall–Kier alpha value is -1.32. The highest BCUT2D eigenvalue weighted by molar-refractivity contribution is 6.30. The maximum absolute atomic E-state index is 5.95. The summed E-state index contributed by atoms with van der Waals surface area (Å²) in [4.78, 5) is 4.40. The third-order valence-electron chi connectivity index (χ3n) is 3.22. The van der Waals surface area contributed by atoms with Gasteiger partial charge in [0.2, 0.25) is 0 Å². The molecule has 0 aliphatic rings. The van der Waals surface area contributed by atoms with E-state index in [1.54, 1.807) is 0 Å². The standard InChI is InChI=1S/C15H20ClN3/c1-3-8-17-14(11-15-18-9-10-19(15)2)12-4-6-13(16)7-5-12/h4-7,9-10,14,17H,3,8,11H2,1-2H3. The third-order valence-corrected chi connectivity index (χ3v) is 3.47. The van der Waals surface area contributed by atoms with E-state index in [0.717, 1.165) is 30.2 Å². The summed E-state index contributed by atoms with van der Waals surface area (Å²) >= 11 is 5.95. The average Bonchev–Trinajstić information content (AvgIpc) is 2.81. The van der Waals surface area contributed by atoms with Crippen LogP contribution in [0.4, 0.5) is 0 Å². The molecule has 1 N–H and O–H groups in total.